The zero-order chi connectivity index (χ0) is 40.7. The molecule has 0 aliphatic carbocycles. The monoisotopic (exact) mass is 790 g/mol. The summed E-state index contributed by atoms with van der Waals surface area (Å²) in [5.74, 6) is -0.0283. The van der Waals surface area contributed by atoms with E-state index in [0.29, 0.717) is 12.8 Å². The van der Waals surface area contributed by atoms with Gasteiger partial charge in [-0.15, -0.1) is 0 Å². The average molecular weight is 790 g/mol. The number of carbonyl (C=O) groups is 1. The zero-order valence-corrected chi connectivity index (χ0v) is 38.4. The van der Waals surface area contributed by atoms with Crippen LogP contribution in [-0.2, 0) is 4.79 Å². The number of nitrogens with one attached hydrogen (secondary N) is 1. The summed E-state index contributed by atoms with van der Waals surface area (Å²) in [5.41, 5.74) is 0. The molecule has 56 heavy (non-hydrogen) atoms. The standard InChI is InChI=1S/C52H103NO3/c1-3-5-7-9-11-13-15-17-19-21-23-24-25-26-27-28-30-32-34-36-38-40-42-44-46-48-52(56)53-50(49-54)51(55)47-45-43-41-39-37-35-33-31-29-22-20-18-16-14-12-10-8-6-4-2/h26-27,50-51,54-55H,3-25,28-49H2,1-2H3,(H,53,56)/b27-26-. The van der Waals surface area contributed by atoms with E-state index in [1.165, 1.54) is 244 Å². The Morgan fingerprint density at radius 1 is 0.411 bits per heavy atom. The van der Waals surface area contributed by atoms with Crippen LogP contribution >= 0.6 is 0 Å². The Labute approximate surface area is 352 Å². The van der Waals surface area contributed by atoms with Crippen LogP contribution in [0.3, 0.4) is 0 Å². The molecule has 2 unspecified atom stereocenters. The van der Waals surface area contributed by atoms with E-state index in [-0.39, 0.29) is 12.5 Å². The SMILES string of the molecule is CCCCCCCCCCCCCC/C=C\CCCCCCCCCCCC(=O)NC(CO)C(O)CCCCCCCCCCCCCCCCCCCCC. The molecule has 1 amide bonds. The molecule has 4 nitrogen and oxygen atoms in total. The van der Waals surface area contributed by atoms with Gasteiger partial charge in [-0.25, -0.2) is 0 Å². The number of hydrogen-bond donors (Lipinski definition) is 3. The third kappa shape index (κ3) is 44.2. The minimum atomic E-state index is -0.658. The Morgan fingerprint density at radius 2 is 0.679 bits per heavy atom. The highest BCUT2D eigenvalue weighted by Gasteiger charge is 2.20. The van der Waals surface area contributed by atoms with Gasteiger partial charge < -0.3 is 15.5 Å². The number of aliphatic hydroxyl groups is 2. The second kappa shape index (κ2) is 48.5. The van der Waals surface area contributed by atoms with Crippen molar-refractivity contribution in [2.45, 2.75) is 309 Å². The van der Waals surface area contributed by atoms with Crippen molar-refractivity contribution in [2.75, 3.05) is 6.61 Å². The molecule has 0 aromatic heterocycles. The first-order chi connectivity index (χ1) is 27.7. The lowest BCUT2D eigenvalue weighted by molar-refractivity contribution is -0.123. The number of aliphatic hydroxyl groups excluding tert-OH is 2. The molecule has 0 rings (SSSR count). The first-order valence-electron chi connectivity index (χ1n) is 25.9. The lowest BCUT2D eigenvalue weighted by Crippen LogP contribution is -2.45. The molecule has 0 radical (unpaired) electrons. The Morgan fingerprint density at radius 3 is 0.982 bits per heavy atom. The van der Waals surface area contributed by atoms with Gasteiger partial charge in [0, 0.05) is 6.42 Å². The fourth-order valence-electron chi connectivity index (χ4n) is 8.30. The fraction of sp³-hybridized carbons (Fsp3) is 0.942. The smallest absolute Gasteiger partial charge is 0.220 e. The fourth-order valence-corrected chi connectivity index (χ4v) is 8.30. The Kier molecular flexibility index (Phi) is 47.7. The molecule has 0 saturated carbocycles. The van der Waals surface area contributed by atoms with Crippen LogP contribution in [0.25, 0.3) is 0 Å². The summed E-state index contributed by atoms with van der Waals surface area (Å²) in [6.45, 7) is 4.39. The number of rotatable bonds is 48. The molecular formula is C52H103NO3. The van der Waals surface area contributed by atoms with Crippen LogP contribution < -0.4 is 5.32 Å². The van der Waals surface area contributed by atoms with Gasteiger partial charge >= 0.3 is 0 Å². The Bertz CT molecular complexity index is 769. The molecule has 0 aromatic rings. The lowest BCUT2D eigenvalue weighted by Gasteiger charge is -2.22. The first kappa shape index (κ1) is 55.1. The molecule has 3 N–H and O–H groups in total. The summed E-state index contributed by atoms with van der Waals surface area (Å²) in [6.07, 6.45) is 61.8. The highest BCUT2D eigenvalue weighted by Crippen LogP contribution is 2.17. The number of hydrogen-bond acceptors (Lipinski definition) is 3. The molecular weight excluding hydrogens is 687 g/mol. The highest BCUT2D eigenvalue weighted by molar-refractivity contribution is 5.76. The topological polar surface area (TPSA) is 69.6 Å². The van der Waals surface area contributed by atoms with E-state index in [1.807, 2.05) is 0 Å². The van der Waals surface area contributed by atoms with Crippen LogP contribution in [0.1, 0.15) is 296 Å². The van der Waals surface area contributed by atoms with Crippen LogP contribution in [0, 0.1) is 0 Å². The van der Waals surface area contributed by atoms with Crippen molar-refractivity contribution >= 4 is 5.91 Å². The maximum Gasteiger partial charge on any atom is 0.220 e. The second-order valence-electron chi connectivity index (χ2n) is 17.9. The van der Waals surface area contributed by atoms with Gasteiger partial charge in [-0.1, -0.05) is 264 Å². The molecule has 4 heteroatoms. The van der Waals surface area contributed by atoms with Crippen LogP contribution in [0.5, 0.6) is 0 Å². The van der Waals surface area contributed by atoms with E-state index >= 15 is 0 Å². The molecule has 0 saturated heterocycles. The average Bonchev–Trinajstić information content (AvgIpc) is 3.20. The van der Waals surface area contributed by atoms with Crippen molar-refractivity contribution in [1.29, 1.82) is 0 Å². The van der Waals surface area contributed by atoms with E-state index in [4.69, 9.17) is 0 Å². The molecule has 0 fully saturated rings. The van der Waals surface area contributed by atoms with E-state index in [0.717, 1.165) is 25.7 Å². The lowest BCUT2D eigenvalue weighted by atomic mass is 10.0. The van der Waals surface area contributed by atoms with Crippen molar-refractivity contribution in [1.82, 2.24) is 5.32 Å². The van der Waals surface area contributed by atoms with Crippen molar-refractivity contribution in [3.05, 3.63) is 12.2 Å². The summed E-state index contributed by atoms with van der Waals surface area (Å²) in [4.78, 5) is 12.5. The summed E-state index contributed by atoms with van der Waals surface area (Å²) in [7, 11) is 0. The van der Waals surface area contributed by atoms with Gasteiger partial charge in [0.2, 0.25) is 5.91 Å². The van der Waals surface area contributed by atoms with Gasteiger partial charge in [-0.2, -0.15) is 0 Å². The van der Waals surface area contributed by atoms with E-state index in [9.17, 15) is 15.0 Å². The normalized spacial score (nSPS) is 12.9. The van der Waals surface area contributed by atoms with Gasteiger partial charge in [-0.3, -0.25) is 4.79 Å². The molecule has 0 bridgehead atoms. The minimum absolute atomic E-state index is 0.0283. The Balaban J connectivity index is 3.45. The van der Waals surface area contributed by atoms with Crippen molar-refractivity contribution in [3.63, 3.8) is 0 Å². The van der Waals surface area contributed by atoms with Gasteiger partial charge in [0.1, 0.15) is 0 Å². The number of allylic oxidation sites excluding steroid dienone is 2. The second-order valence-corrected chi connectivity index (χ2v) is 17.9. The molecule has 0 aromatic carbocycles. The van der Waals surface area contributed by atoms with Crippen LogP contribution in [0.15, 0.2) is 12.2 Å². The quantitative estimate of drug-likeness (QED) is 0.0425. The molecule has 334 valence electrons. The molecule has 0 aliphatic heterocycles. The summed E-state index contributed by atoms with van der Waals surface area (Å²) >= 11 is 0. The first-order valence-corrected chi connectivity index (χ1v) is 25.9. The summed E-state index contributed by atoms with van der Waals surface area (Å²) in [5, 5.41) is 23.3. The molecule has 0 spiro atoms. The number of carbonyl (C=O) groups excluding carboxylic acids is 1. The Hall–Kier alpha value is -0.870. The summed E-state index contributed by atoms with van der Waals surface area (Å²) in [6, 6.07) is -0.534. The largest absolute Gasteiger partial charge is 0.394 e. The maximum absolute atomic E-state index is 12.5. The van der Waals surface area contributed by atoms with Gasteiger partial charge in [0.25, 0.3) is 0 Å². The van der Waals surface area contributed by atoms with Gasteiger partial charge in [-0.05, 0) is 38.5 Å². The van der Waals surface area contributed by atoms with E-state index < -0.39 is 12.1 Å². The van der Waals surface area contributed by atoms with E-state index in [1.54, 1.807) is 0 Å². The number of unbranched alkanes of at least 4 members (excludes halogenated alkanes) is 39. The predicted octanol–water partition coefficient (Wildman–Crippen LogP) is 16.6. The van der Waals surface area contributed by atoms with Crippen molar-refractivity contribution < 1.29 is 15.0 Å². The van der Waals surface area contributed by atoms with Crippen molar-refractivity contribution in [3.8, 4) is 0 Å². The maximum atomic E-state index is 12.5. The predicted molar refractivity (Wildman–Crippen MR) is 249 cm³/mol. The molecule has 0 aliphatic rings. The van der Waals surface area contributed by atoms with Crippen molar-refractivity contribution in [2.24, 2.45) is 0 Å². The minimum Gasteiger partial charge on any atom is -0.394 e. The van der Waals surface area contributed by atoms with Gasteiger partial charge in [0.05, 0.1) is 18.8 Å². The van der Waals surface area contributed by atoms with Gasteiger partial charge in [0.15, 0.2) is 0 Å². The number of amides is 1. The summed E-state index contributed by atoms with van der Waals surface area (Å²) < 4.78 is 0. The highest BCUT2D eigenvalue weighted by atomic mass is 16.3. The third-order valence-electron chi connectivity index (χ3n) is 12.3. The molecule has 2 atom stereocenters. The molecule has 0 heterocycles. The third-order valence-corrected chi connectivity index (χ3v) is 12.3. The van der Waals surface area contributed by atoms with Crippen LogP contribution in [0.4, 0.5) is 0 Å². The van der Waals surface area contributed by atoms with Crippen LogP contribution in [-0.4, -0.2) is 34.9 Å². The van der Waals surface area contributed by atoms with Crippen LogP contribution in [0.2, 0.25) is 0 Å². The zero-order valence-electron chi connectivity index (χ0n) is 38.4. The van der Waals surface area contributed by atoms with E-state index in [2.05, 4.69) is 31.3 Å².